The molecule has 9 heteroatoms. The summed E-state index contributed by atoms with van der Waals surface area (Å²) in [6.45, 7) is 3.76. The van der Waals surface area contributed by atoms with Crippen LogP contribution in [0.25, 0.3) is 0 Å². The van der Waals surface area contributed by atoms with Crippen molar-refractivity contribution < 1.29 is 32.8 Å². The zero-order valence-corrected chi connectivity index (χ0v) is 13.9. The Kier molecular flexibility index (Phi) is 5.43. The standard InChI is InChI=1S/C8H15N2.C6H8BO6/c1-3-4-5-10-7-6-9(2)8-10;1-3-5(8)12-7(10-3)11-4(2)6(9)13-7/h6-8H,3-5H2,1-2H3;3-4H,1-2H3/q+1;-1/t;3-,4-,7?/m.0/s1. The Labute approximate surface area is 135 Å². The molecule has 2 aliphatic rings. The van der Waals surface area contributed by atoms with E-state index in [0.717, 1.165) is 6.54 Å². The molecule has 0 bridgehead atoms. The van der Waals surface area contributed by atoms with Gasteiger partial charge in [-0.1, -0.05) is 13.3 Å². The number of hydrogen-bond acceptors (Lipinski definition) is 6. The second kappa shape index (κ2) is 7.14. The van der Waals surface area contributed by atoms with E-state index in [1.165, 1.54) is 26.7 Å². The molecule has 3 rings (SSSR count). The van der Waals surface area contributed by atoms with Crippen molar-refractivity contribution in [3.8, 4) is 0 Å². The second-order valence-corrected chi connectivity index (χ2v) is 5.68. The molecule has 3 heterocycles. The van der Waals surface area contributed by atoms with Gasteiger partial charge in [0.1, 0.15) is 24.6 Å². The summed E-state index contributed by atoms with van der Waals surface area (Å²) in [5, 5.41) is 0. The maximum atomic E-state index is 10.9. The van der Waals surface area contributed by atoms with Gasteiger partial charge in [0.25, 0.3) is 11.9 Å². The Morgan fingerprint density at radius 1 is 1.17 bits per heavy atom. The monoisotopic (exact) mass is 326 g/mol. The van der Waals surface area contributed by atoms with Gasteiger partial charge in [0.05, 0.1) is 13.6 Å². The van der Waals surface area contributed by atoms with Crippen LogP contribution in [-0.4, -0.2) is 35.7 Å². The van der Waals surface area contributed by atoms with Crippen LogP contribution in [0.3, 0.4) is 0 Å². The third-order valence-corrected chi connectivity index (χ3v) is 3.52. The lowest BCUT2D eigenvalue weighted by Crippen LogP contribution is -2.40. The number of unbranched alkanes of at least 4 members (excludes halogenated alkanes) is 1. The van der Waals surface area contributed by atoms with Crippen LogP contribution in [0.1, 0.15) is 33.6 Å². The lowest BCUT2D eigenvalue weighted by molar-refractivity contribution is -0.671. The number of aryl methyl sites for hydroxylation is 2. The third-order valence-electron chi connectivity index (χ3n) is 3.52. The number of carbonyl (C=O) groups excluding carboxylic acids is 2. The Balaban J connectivity index is 0.000000174. The highest BCUT2D eigenvalue weighted by Crippen LogP contribution is 2.29. The summed E-state index contributed by atoms with van der Waals surface area (Å²) in [6.07, 6.45) is 7.31. The zero-order valence-electron chi connectivity index (χ0n) is 13.9. The van der Waals surface area contributed by atoms with Crippen molar-refractivity contribution in [2.75, 3.05) is 0 Å². The fraction of sp³-hybridized carbons (Fsp3) is 0.643. The molecular weight excluding hydrogens is 303 g/mol. The van der Waals surface area contributed by atoms with Crippen molar-refractivity contribution in [3.05, 3.63) is 18.7 Å². The van der Waals surface area contributed by atoms with Gasteiger partial charge in [-0.05, 0) is 20.3 Å². The highest BCUT2D eigenvalue weighted by atomic mass is 16.9. The molecule has 2 aliphatic heterocycles. The summed E-state index contributed by atoms with van der Waals surface area (Å²) in [5.74, 6) is -1.16. The molecule has 2 fully saturated rings. The Hall–Kier alpha value is -1.87. The van der Waals surface area contributed by atoms with Gasteiger partial charge in [-0.3, -0.25) is 9.59 Å². The molecule has 0 saturated carbocycles. The predicted octanol–water partition coefficient (Wildman–Crippen LogP) is 0.459. The molecule has 23 heavy (non-hydrogen) atoms. The Bertz CT molecular complexity index is 547. The predicted molar refractivity (Wildman–Crippen MR) is 79.5 cm³/mol. The molecule has 8 nitrogen and oxygen atoms in total. The average Bonchev–Trinajstić information content (AvgIpc) is 3.09. The minimum Gasteiger partial charge on any atom is -0.606 e. The molecule has 0 radical (unpaired) electrons. The minimum absolute atomic E-state index is 0.582. The molecule has 0 aromatic carbocycles. The molecule has 2 saturated heterocycles. The summed E-state index contributed by atoms with van der Waals surface area (Å²) in [5.41, 5.74) is 0. The fourth-order valence-electron chi connectivity index (χ4n) is 2.23. The van der Waals surface area contributed by atoms with Crippen molar-refractivity contribution in [1.29, 1.82) is 0 Å². The molecule has 2 atom stereocenters. The van der Waals surface area contributed by atoms with Crippen LogP contribution in [0.4, 0.5) is 0 Å². The summed E-state index contributed by atoms with van der Waals surface area (Å²) in [6, 6.07) is 0. The quantitative estimate of drug-likeness (QED) is 0.593. The Morgan fingerprint density at radius 3 is 2.09 bits per heavy atom. The molecule has 0 aliphatic carbocycles. The largest absolute Gasteiger partial charge is 0.657 e. The van der Waals surface area contributed by atoms with E-state index in [0.29, 0.717) is 0 Å². The number of nitrogens with zero attached hydrogens (tertiary/aromatic N) is 2. The van der Waals surface area contributed by atoms with Crippen LogP contribution >= 0.6 is 0 Å². The van der Waals surface area contributed by atoms with Crippen LogP contribution in [0.2, 0.25) is 0 Å². The van der Waals surface area contributed by atoms with E-state index in [4.69, 9.17) is 18.6 Å². The van der Waals surface area contributed by atoms with Gasteiger partial charge >= 0.3 is 6.96 Å². The first-order valence-electron chi connectivity index (χ1n) is 7.80. The van der Waals surface area contributed by atoms with E-state index < -0.39 is 31.1 Å². The summed E-state index contributed by atoms with van der Waals surface area (Å²) in [7, 11) is 2.04. The van der Waals surface area contributed by atoms with Crippen LogP contribution in [0, 0.1) is 0 Å². The smallest absolute Gasteiger partial charge is 0.606 e. The van der Waals surface area contributed by atoms with Gasteiger partial charge in [-0.2, -0.15) is 0 Å². The topological polar surface area (TPSA) is 79.9 Å². The summed E-state index contributed by atoms with van der Waals surface area (Å²) >= 11 is 0. The van der Waals surface area contributed by atoms with Gasteiger partial charge in [-0.25, -0.2) is 9.13 Å². The zero-order chi connectivity index (χ0) is 17.0. The van der Waals surface area contributed by atoms with Gasteiger partial charge in [0, 0.05) is 0 Å². The van der Waals surface area contributed by atoms with E-state index in [9.17, 15) is 9.59 Å². The van der Waals surface area contributed by atoms with Crippen LogP contribution < -0.4 is 4.57 Å². The SMILES string of the molecule is CCCCn1cc[n+](C)c1.C[C@@H]1O[B-]2(OC1=O)OC(=O)[C@H](C)O2. The fourth-order valence-corrected chi connectivity index (χ4v) is 2.23. The number of carbonyl (C=O) groups is 2. The first kappa shape index (κ1) is 17.5. The molecule has 1 spiro atoms. The van der Waals surface area contributed by atoms with Crippen molar-refractivity contribution in [2.45, 2.75) is 52.4 Å². The highest BCUT2D eigenvalue weighted by Gasteiger charge is 2.54. The van der Waals surface area contributed by atoms with Crippen molar-refractivity contribution in [2.24, 2.45) is 7.05 Å². The van der Waals surface area contributed by atoms with Gasteiger partial charge in [-0.15, -0.1) is 0 Å². The van der Waals surface area contributed by atoms with Gasteiger partial charge in [0.15, 0.2) is 0 Å². The number of hydrogen-bond donors (Lipinski definition) is 0. The number of aromatic nitrogens is 2. The maximum Gasteiger partial charge on any atom is 0.657 e. The van der Waals surface area contributed by atoms with Gasteiger partial charge < -0.3 is 18.6 Å². The van der Waals surface area contributed by atoms with Crippen LogP contribution in [0.5, 0.6) is 0 Å². The van der Waals surface area contributed by atoms with Crippen LogP contribution in [-0.2, 0) is 41.8 Å². The lowest BCUT2D eigenvalue weighted by Gasteiger charge is -2.25. The van der Waals surface area contributed by atoms with E-state index in [2.05, 4.69) is 34.8 Å². The molecule has 128 valence electrons. The normalized spacial score (nSPS) is 25.0. The average molecular weight is 326 g/mol. The second-order valence-electron chi connectivity index (χ2n) is 5.68. The number of rotatable bonds is 3. The van der Waals surface area contributed by atoms with Crippen molar-refractivity contribution in [3.63, 3.8) is 0 Å². The maximum absolute atomic E-state index is 10.9. The highest BCUT2D eigenvalue weighted by molar-refractivity contribution is 6.61. The molecular formula is C14H23BN2O6. The summed E-state index contributed by atoms with van der Waals surface area (Å²) < 4.78 is 23.7. The minimum atomic E-state index is -2.60. The van der Waals surface area contributed by atoms with E-state index >= 15 is 0 Å². The first-order valence-corrected chi connectivity index (χ1v) is 7.80. The summed E-state index contributed by atoms with van der Waals surface area (Å²) in [4.78, 5) is 21.9. The molecule has 1 aromatic heterocycles. The number of imidazole rings is 1. The van der Waals surface area contributed by atoms with E-state index in [-0.39, 0.29) is 0 Å². The molecule has 0 N–H and O–H groups in total. The van der Waals surface area contributed by atoms with Crippen molar-refractivity contribution in [1.82, 2.24) is 4.57 Å². The molecule has 0 unspecified atom stereocenters. The molecule has 1 aromatic rings. The molecule has 0 amide bonds. The third kappa shape index (κ3) is 4.32. The van der Waals surface area contributed by atoms with Gasteiger partial charge in [0.2, 0.25) is 6.33 Å². The van der Waals surface area contributed by atoms with Crippen molar-refractivity contribution >= 4 is 18.9 Å². The first-order chi connectivity index (χ1) is 10.8. The Morgan fingerprint density at radius 2 is 1.74 bits per heavy atom. The lowest BCUT2D eigenvalue weighted by atomic mass is 10.1. The van der Waals surface area contributed by atoms with Crippen LogP contribution in [0.15, 0.2) is 18.7 Å². The van der Waals surface area contributed by atoms with E-state index in [1.807, 2.05) is 7.05 Å². The van der Waals surface area contributed by atoms with E-state index in [1.54, 1.807) is 0 Å².